The maximum absolute atomic E-state index is 6.37. The van der Waals surface area contributed by atoms with Gasteiger partial charge in [-0.2, -0.15) is 0 Å². The van der Waals surface area contributed by atoms with Crippen molar-refractivity contribution in [1.82, 2.24) is 10.2 Å². The Morgan fingerprint density at radius 2 is 2.04 bits per heavy atom. The van der Waals surface area contributed by atoms with Crippen LogP contribution >= 0.6 is 11.6 Å². The van der Waals surface area contributed by atoms with Crippen molar-refractivity contribution in [2.45, 2.75) is 6.92 Å². The van der Waals surface area contributed by atoms with Crippen LogP contribution in [0.1, 0.15) is 17.0 Å². The van der Waals surface area contributed by atoms with Gasteiger partial charge in [-0.1, -0.05) is 48.0 Å². The zero-order valence-corrected chi connectivity index (χ0v) is 15.9. The number of benzene rings is 2. The minimum Gasteiger partial charge on any atom is -0.493 e. The van der Waals surface area contributed by atoms with E-state index in [1.54, 1.807) is 19.3 Å². The summed E-state index contributed by atoms with van der Waals surface area (Å²) in [6.45, 7) is 6.04. The average molecular weight is 383 g/mol. The van der Waals surface area contributed by atoms with Gasteiger partial charge in [-0.3, -0.25) is 0 Å². The van der Waals surface area contributed by atoms with Gasteiger partial charge in [0.1, 0.15) is 11.6 Å². The standard InChI is InChI=1S/C21H19ClN2O3/c1-4-10-26-18-9-8-15(13-19(18)25-3)12-17(22)21-24-23-20(27-21)16-7-5-6-14(2)11-16/h4-9,11-13H,1,10H2,2-3H3/b17-12-. The first-order chi connectivity index (χ1) is 13.1. The third-order valence-electron chi connectivity index (χ3n) is 3.73. The van der Waals surface area contributed by atoms with Gasteiger partial charge in [-0.05, 0) is 42.8 Å². The van der Waals surface area contributed by atoms with Crippen LogP contribution in [-0.4, -0.2) is 23.9 Å². The van der Waals surface area contributed by atoms with E-state index in [2.05, 4.69) is 16.8 Å². The van der Waals surface area contributed by atoms with Crippen LogP contribution in [0.25, 0.3) is 22.6 Å². The normalized spacial score (nSPS) is 11.3. The lowest BCUT2D eigenvalue weighted by molar-refractivity contribution is 0.326. The zero-order chi connectivity index (χ0) is 19.2. The first-order valence-electron chi connectivity index (χ1n) is 8.30. The minimum atomic E-state index is 0.249. The Morgan fingerprint density at radius 1 is 1.19 bits per heavy atom. The van der Waals surface area contributed by atoms with E-state index in [-0.39, 0.29) is 5.89 Å². The number of aryl methyl sites for hydroxylation is 1. The fourth-order valence-electron chi connectivity index (χ4n) is 2.46. The summed E-state index contributed by atoms with van der Waals surface area (Å²) in [6, 6.07) is 13.3. The Hall–Kier alpha value is -3.05. The van der Waals surface area contributed by atoms with E-state index in [0.29, 0.717) is 29.0 Å². The van der Waals surface area contributed by atoms with E-state index in [1.807, 2.05) is 49.4 Å². The monoisotopic (exact) mass is 382 g/mol. The second-order valence-electron chi connectivity index (χ2n) is 5.78. The fraction of sp³-hybridized carbons (Fsp3) is 0.143. The molecule has 2 aromatic carbocycles. The van der Waals surface area contributed by atoms with Crippen molar-refractivity contribution in [3.8, 4) is 23.0 Å². The lowest BCUT2D eigenvalue weighted by Crippen LogP contribution is -1.96. The molecule has 0 bridgehead atoms. The molecule has 3 rings (SSSR count). The van der Waals surface area contributed by atoms with Crippen LogP contribution < -0.4 is 9.47 Å². The fourth-order valence-corrected chi connectivity index (χ4v) is 2.67. The molecule has 138 valence electrons. The van der Waals surface area contributed by atoms with Crippen molar-refractivity contribution in [2.75, 3.05) is 13.7 Å². The quantitative estimate of drug-likeness (QED) is 0.515. The van der Waals surface area contributed by atoms with Crippen molar-refractivity contribution in [1.29, 1.82) is 0 Å². The van der Waals surface area contributed by atoms with Crippen LogP contribution in [0.5, 0.6) is 11.5 Å². The van der Waals surface area contributed by atoms with Gasteiger partial charge in [-0.25, -0.2) is 0 Å². The highest BCUT2D eigenvalue weighted by molar-refractivity contribution is 6.50. The molecule has 0 aliphatic heterocycles. The lowest BCUT2D eigenvalue weighted by atomic mass is 10.1. The lowest BCUT2D eigenvalue weighted by Gasteiger charge is -2.09. The number of halogens is 1. The van der Waals surface area contributed by atoms with Gasteiger partial charge < -0.3 is 13.9 Å². The Labute approximate surface area is 162 Å². The molecule has 27 heavy (non-hydrogen) atoms. The predicted octanol–water partition coefficient (Wildman–Crippen LogP) is 5.36. The zero-order valence-electron chi connectivity index (χ0n) is 15.1. The van der Waals surface area contributed by atoms with E-state index in [0.717, 1.165) is 16.7 Å². The average Bonchev–Trinajstić information content (AvgIpc) is 3.17. The van der Waals surface area contributed by atoms with E-state index in [9.17, 15) is 0 Å². The SMILES string of the molecule is C=CCOc1ccc(/C=C(\Cl)c2nnc(-c3cccc(C)c3)o2)cc1OC. The largest absolute Gasteiger partial charge is 0.493 e. The predicted molar refractivity (Wildman–Crippen MR) is 107 cm³/mol. The van der Waals surface area contributed by atoms with Crippen molar-refractivity contribution in [3.63, 3.8) is 0 Å². The smallest absolute Gasteiger partial charge is 0.259 e. The molecule has 1 aromatic heterocycles. The molecule has 0 amide bonds. The summed E-state index contributed by atoms with van der Waals surface area (Å²) in [6.07, 6.45) is 3.40. The van der Waals surface area contributed by atoms with Crippen LogP contribution in [0.15, 0.2) is 59.5 Å². The minimum absolute atomic E-state index is 0.249. The number of nitrogens with zero attached hydrogens (tertiary/aromatic N) is 2. The molecule has 0 fully saturated rings. The molecule has 3 aromatic rings. The Kier molecular flexibility index (Phi) is 5.94. The summed E-state index contributed by atoms with van der Waals surface area (Å²) < 4.78 is 16.6. The van der Waals surface area contributed by atoms with Crippen LogP contribution in [-0.2, 0) is 0 Å². The highest BCUT2D eigenvalue weighted by Crippen LogP contribution is 2.31. The molecule has 0 unspecified atom stereocenters. The van der Waals surface area contributed by atoms with Crippen molar-refractivity contribution in [2.24, 2.45) is 0 Å². The second kappa shape index (κ2) is 8.56. The summed E-state index contributed by atoms with van der Waals surface area (Å²) in [5.74, 6) is 1.90. The molecule has 0 spiro atoms. The van der Waals surface area contributed by atoms with E-state index >= 15 is 0 Å². The van der Waals surface area contributed by atoms with E-state index in [1.165, 1.54) is 0 Å². The van der Waals surface area contributed by atoms with E-state index < -0.39 is 0 Å². The molecule has 0 N–H and O–H groups in total. The number of rotatable bonds is 7. The summed E-state index contributed by atoms with van der Waals surface area (Å²) in [7, 11) is 1.58. The van der Waals surface area contributed by atoms with E-state index in [4.69, 9.17) is 25.5 Å². The summed E-state index contributed by atoms with van der Waals surface area (Å²) in [5.41, 5.74) is 2.78. The molecule has 0 aliphatic rings. The van der Waals surface area contributed by atoms with Gasteiger partial charge in [0.2, 0.25) is 5.89 Å². The topological polar surface area (TPSA) is 57.4 Å². The molecule has 1 heterocycles. The van der Waals surface area contributed by atoms with Crippen LogP contribution in [0, 0.1) is 6.92 Å². The number of ether oxygens (including phenoxy) is 2. The van der Waals surface area contributed by atoms with Crippen molar-refractivity contribution < 1.29 is 13.9 Å². The summed E-state index contributed by atoms with van der Waals surface area (Å²) in [4.78, 5) is 0. The first-order valence-corrected chi connectivity index (χ1v) is 8.68. The molecular formula is C21H19ClN2O3. The molecule has 5 nitrogen and oxygen atoms in total. The van der Waals surface area contributed by atoms with Gasteiger partial charge in [0.05, 0.1) is 7.11 Å². The summed E-state index contributed by atoms with van der Waals surface area (Å²) in [5, 5.41) is 8.45. The van der Waals surface area contributed by atoms with Crippen molar-refractivity contribution >= 4 is 22.7 Å². The molecule has 0 saturated heterocycles. The Balaban J connectivity index is 1.84. The maximum Gasteiger partial charge on any atom is 0.259 e. The molecule has 0 aliphatic carbocycles. The second-order valence-corrected chi connectivity index (χ2v) is 6.19. The van der Waals surface area contributed by atoms with Gasteiger partial charge in [0.25, 0.3) is 5.89 Å². The number of methoxy groups -OCH3 is 1. The van der Waals surface area contributed by atoms with Gasteiger partial charge in [0.15, 0.2) is 11.5 Å². The highest BCUT2D eigenvalue weighted by atomic mass is 35.5. The Morgan fingerprint density at radius 3 is 2.78 bits per heavy atom. The molecule has 0 radical (unpaired) electrons. The number of aromatic nitrogens is 2. The third kappa shape index (κ3) is 4.57. The number of hydrogen-bond acceptors (Lipinski definition) is 5. The molecule has 0 atom stereocenters. The van der Waals surface area contributed by atoms with Gasteiger partial charge in [-0.15, -0.1) is 10.2 Å². The third-order valence-corrected chi connectivity index (χ3v) is 4.00. The molecule has 0 saturated carbocycles. The van der Waals surface area contributed by atoms with Crippen LogP contribution in [0.4, 0.5) is 0 Å². The van der Waals surface area contributed by atoms with Crippen molar-refractivity contribution in [3.05, 3.63) is 72.1 Å². The Bertz CT molecular complexity index is 979. The highest BCUT2D eigenvalue weighted by Gasteiger charge is 2.12. The first kappa shape index (κ1) is 18.7. The van der Waals surface area contributed by atoms with Gasteiger partial charge >= 0.3 is 0 Å². The van der Waals surface area contributed by atoms with Crippen LogP contribution in [0.3, 0.4) is 0 Å². The van der Waals surface area contributed by atoms with Crippen LogP contribution in [0.2, 0.25) is 0 Å². The maximum atomic E-state index is 6.37. The molecule has 6 heteroatoms. The summed E-state index contributed by atoms with van der Waals surface area (Å²) >= 11 is 6.37. The molecular weight excluding hydrogens is 364 g/mol. The van der Waals surface area contributed by atoms with Gasteiger partial charge in [0, 0.05) is 5.56 Å². The number of hydrogen-bond donors (Lipinski definition) is 0.